The van der Waals surface area contributed by atoms with E-state index in [0.29, 0.717) is 29.3 Å². The van der Waals surface area contributed by atoms with E-state index in [4.69, 9.17) is 9.47 Å². The van der Waals surface area contributed by atoms with E-state index in [2.05, 4.69) is 40.1 Å². The number of H-pyrrole nitrogens is 2. The van der Waals surface area contributed by atoms with Crippen LogP contribution in [-0.4, -0.2) is 21.6 Å². The zero-order valence-electron chi connectivity index (χ0n) is 20.0. The van der Waals surface area contributed by atoms with Crippen LogP contribution in [0.25, 0.3) is 22.3 Å². The van der Waals surface area contributed by atoms with Crippen LogP contribution in [0, 0.1) is 18.6 Å². The van der Waals surface area contributed by atoms with Crippen LogP contribution in [0.15, 0.2) is 60.9 Å². The summed E-state index contributed by atoms with van der Waals surface area (Å²) in [6, 6.07) is 13.8. The Hall–Kier alpha value is -4.13. The summed E-state index contributed by atoms with van der Waals surface area (Å²) in [7, 11) is 0. The zero-order valence-corrected chi connectivity index (χ0v) is 20.0. The molecular formula is C29H25F2N3O2. The lowest BCUT2D eigenvalue weighted by molar-refractivity contribution is 0.338. The van der Waals surface area contributed by atoms with Gasteiger partial charge in [0.15, 0.2) is 11.6 Å². The van der Waals surface area contributed by atoms with Gasteiger partial charge in [0.2, 0.25) is 0 Å². The summed E-state index contributed by atoms with van der Waals surface area (Å²) in [5.74, 6) is 0.807. The number of nitrogens with one attached hydrogen (secondary N) is 2. The van der Waals surface area contributed by atoms with Crippen LogP contribution in [0.1, 0.15) is 41.6 Å². The van der Waals surface area contributed by atoms with E-state index in [1.807, 2.05) is 6.07 Å². The number of ether oxygens (including phenoxy) is 2. The number of rotatable bonds is 6. The lowest BCUT2D eigenvalue weighted by Crippen LogP contribution is -2.03. The fourth-order valence-corrected chi connectivity index (χ4v) is 5.00. The number of hydrogen-bond acceptors (Lipinski definition) is 3. The molecule has 1 aliphatic heterocycles. The van der Waals surface area contributed by atoms with Crippen LogP contribution < -0.4 is 9.47 Å². The van der Waals surface area contributed by atoms with Crippen LogP contribution >= 0.6 is 0 Å². The first-order valence-electron chi connectivity index (χ1n) is 12.1. The van der Waals surface area contributed by atoms with Gasteiger partial charge in [-0.05, 0) is 43.2 Å². The average molecular weight is 486 g/mol. The monoisotopic (exact) mass is 485 g/mol. The Morgan fingerprint density at radius 3 is 2.86 bits per heavy atom. The van der Waals surface area contributed by atoms with Crippen LogP contribution in [0.5, 0.6) is 17.2 Å². The largest absolute Gasteiger partial charge is 0.492 e. The second-order valence-electron chi connectivity index (χ2n) is 9.13. The molecule has 1 unspecified atom stereocenters. The van der Waals surface area contributed by atoms with Crippen molar-refractivity contribution < 1.29 is 18.3 Å². The first kappa shape index (κ1) is 22.3. The molecule has 0 saturated heterocycles. The summed E-state index contributed by atoms with van der Waals surface area (Å²) in [4.78, 5) is 10.7. The maximum atomic E-state index is 14.9. The number of hydrogen-bond donors (Lipinski definition) is 2. The Balaban J connectivity index is 1.31. The summed E-state index contributed by atoms with van der Waals surface area (Å²) in [5, 5.41) is 0.866. The quantitative estimate of drug-likeness (QED) is 0.263. The van der Waals surface area contributed by atoms with Crippen LogP contribution in [0.4, 0.5) is 8.78 Å². The molecule has 0 fully saturated rings. The second-order valence-corrected chi connectivity index (χ2v) is 9.13. The minimum atomic E-state index is -0.490. The van der Waals surface area contributed by atoms with Gasteiger partial charge in [0, 0.05) is 46.2 Å². The predicted molar refractivity (Wildman–Crippen MR) is 135 cm³/mol. The molecule has 1 aliphatic rings. The fraction of sp³-hybridized carbons (Fsp3) is 0.207. The number of fused-ring (bicyclic) bond motifs is 2. The second kappa shape index (κ2) is 8.82. The molecule has 182 valence electrons. The van der Waals surface area contributed by atoms with Gasteiger partial charge in [-0.3, -0.25) is 0 Å². The summed E-state index contributed by atoms with van der Waals surface area (Å²) < 4.78 is 41.6. The molecule has 7 heteroatoms. The Labute approximate surface area is 207 Å². The van der Waals surface area contributed by atoms with Crippen LogP contribution in [-0.2, 0) is 6.42 Å². The number of benzene rings is 3. The van der Waals surface area contributed by atoms with Crippen molar-refractivity contribution >= 4 is 10.9 Å². The van der Waals surface area contributed by atoms with Gasteiger partial charge < -0.3 is 19.4 Å². The number of aromatic nitrogens is 3. The topological polar surface area (TPSA) is 62.9 Å². The summed E-state index contributed by atoms with van der Waals surface area (Å²) in [5.41, 5.74) is 4.77. The van der Waals surface area contributed by atoms with Crippen molar-refractivity contribution in [2.45, 2.75) is 32.6 Å². The molecule has 1 atom stereocenters. The third kappa shape index (κ3) is 3.71. The van der Waals surface area contributed by atoms with E-state index in [1.165, 1.54) is 29.8 Å². The Morgan fingerprint density at radius 2 is 2.00 bits per heavy atom. The molecule has 3 heterocycles. The van der Waals surface area contributed by atoms with Gasteiger partial charge in [0.05, 0.1) is 11.5 Å². The van der Waals surface area contributed by atoms with Crippen molar-refractivity contribution in [3.8, 4) is 28.6 Å². The molecule has 0 radical (unpaired) electrons. The normalized spacial score (nSPS) is 14.7. The standard InChI is InChI=1S/C29H25F2N3O2/c1-3-5-17-6-4-7-20-22(15-35-28(17)20)26-14-33-29(34-26)21-12-18(8-9-23(21)30)36-27-16(2)19-10-11-32-25(19)13-24(27)31/h4,6-14,22,32H,3,5,15H2,1-2H3,(H,33,34). The van der Waals surface area contributed by atoms with Crippen molar-refractivity contribution in [1.82, 2.24) is 15.0 Å². The van der Waals surface area contributed by atoms with E-state index in [9.17, 15) is 8.78 Å². The third-order valence-electron chi connectivity index (χ3n) is 6.81. The highest BCUT2D eigenvalue weighted by atomic mass is 19.1. The molecule has 3 aromatic carbocycles. The highest BCUT2D eigenvalue weighted by Crippen LogP contribution is 2.41. The van der Waals surface area contributed by atoms with Crippen molar-refractivity contribution in [2.75, 3.05) is 6.61 Å². The average Bonchev–Trinajstić information content (AvgIpc) is 3.62. The van der Waals surface area contributed by atoms with Gasteiger partial charge in [-0.25, -0.2) is 13.8 Å². The lowest BCUT2D eigenvalue weighted by Gasteiger charge is -2.12. The van der Waals surface area contributed by atoms with Crippen molar-refractivity contribution in [1.29, 1.82) is 0 Å². The molecule has 36 heavy (non-hydrogen) atoms. The molecule has 0 amide bonds. The van der Waals surface area contributed by atoms with Crippen molar-refractivity contribution in [2.24, 2.45) is 0 Å². The highest BCUT2D eigenvalue weighted by molar-refractivity contribution is 5.85. The maximum absolute atomic E-state index is 14.9. The molecular weight excluding hydrogens is 460 g/mol. The van der Waals surface area contributed by atoms with Gasteiger partial charge in [-0.15, -0.1) is 0 Å². The first-order valence-corrected chi connectivity index (χ1v) is 12.1. The molecule has 6 rings (SSSR count). The molecule has 2 aromatic heterocycles. The van der Waals surface area contributed by atoms with Gasteiger partial charge in [0.25, 0.3) is 0 Å². The molecule has 0 saturated carbocycles. The number of aryl methyl sites for hydroxylation is 2. The molecule has 0 bridgehead atoms. The Kier molecular flexibility index (Phi) is 5.48. The molecule has 0 aliphatic carbocycles. The summed E-state index contributed by atoms with van der Waals surface area (Å²) in [6.07, 6.45) is 5.48. The van der Waals surface area contributed by atoms with Gasteiger partial charge in [-0.1, -0.05) is 31.5 Å². The molecule has 5 aromatic rings. The predicted octanol–water partition coefficient (Wildman–Crippen LogP) is 7.41. The Bertz CT molecular complexity index is 1590. The van der Waals surface area contributed by atoms with Crippen LogP contribution in [0.2, 0.25) is 0 Å². The van der Waals surface area contributed by atoms with Gasteiger partial charge in [-0.2, -0.15) is 0 Å². The summed E-state index contributed by atoms with van der Waals surface area (Å²) >= 11 is 0. The zero-order chi connectivity index (χ0) is 24.8. The van der Waals surface area contributed by atoms with Gasteiger partial charge in [0.1, 0.15) is 29.7 Å². The van der Waals surface area contributed by atoms with Gasteiger partial charge >= 0.3 is 0 Å². The number of nitrogens with zero attached hydrogens (tertiary/aromatic N) is 1. The molecule has 5 nitrogen and oxygen atoms in total. The third-order valence-corrected chi connectivity index (χ3v) is 6.81. The van der Waals surface area contributed by atoms with E-state index >= 15 is 0 Å². The molecule has 2 N–H and O–H groups in total. The minimum Gasteiger partial charge on any atom is -0.492 e. The number of imidazole rings is 1. The van der Waals surface area contributed by atoms with E-state index in [-0.39, 0.29) is 17.2 Å². The molecule has 0 spiro atoms. The highest BCUT2D eigenvalue weighted by Gasteiger charge is 2.29. The smallest absolute Gasteiger partial charge is 0.168 e. The first-order chi connectivity index (χ1) is 17.5. The van der Waals surface area contributed by atoms with E-state index in [1.54, 1.807) is 19.3 Å². The van der Waals surface area contributed by atoms with Crippen LogP contribution in [0.3, 0.4) is 0 Å². The van der Waals surface area contributed by atoms with Crippen molar-refractivity contribution in [3.63, 3.8) is 0 Å². The number of aromatic amines is 2. The van der Waals surface area contributed by atoms with Crippen molar-refractivity contribution in [3.05, 3.63) is 94.9 Å². The summed E-state index contributed by atoms with van der Waals surface area (Å²) in [6.45, 7) is 4.45. The maximum Gasteiger partial charge on any atom is 0.168 e. The number of para-hydroxylation sites is 1. The van der Waals surface area contributed by atoms with E-state index < -0.39 is 11.6 Å². The fourth-order valence-electron chi connectivity index (χ4n) is 5.00. The van der Waals surface area contributed by atoms with E-state index in [0.717, 1.165) is 35.2 Å². The lowest BCUT2D eigenvalue weighted by atomic mass is 9.95. The Morgan fingerprint density at radius 1 is 1.11 bits per heavy atom. The SMILES string of the molecule is CCCc1cccc2c1OCC2c1cnc(-c2cc(Oc3c(F)cc4[nH]ccc4c3C)ccc2F)[nH]1. The number of halogens is 2. The minimum absolute atomic E-state index is 0.00891.